The van der Waals surface area contributed by atoms with Gasteiger partial charge >= 0.3 is 0 Å². The number of rotatable bonds is 5. The molecule has 1 aliphatic rings. The highest BCUT2D eigenvalue weighted by atomic mass is 127. The summed E-state index contributed by atoms with van der Waals surface area (Å²) in [4.78, 5) is 7.15. The van der Waals surface area contributed by atoms with Crippen molar-refractivity contribution in [1.29, 1.82) is 0 Å². The van der Waals surface area contributed by atoms with E-state index in [9.17, 15) is 0 Å². The molecule has 1 saturated heterocycles. The molecule has 2 heterocycles. The predicted octanol–water partition coefficient (Wildman–Crippen LogP) is 4.60. The smallest absolute Gasteiger partial charge is 0.193 e. The van der Waals surface area contributed by atoms with Crippen molar-refractivity contribution in [3.05, 3.63) is 22.4 Å². The van der Waals surface area contributed by atoms with Crippen LogP contribution in [0.5, 0.6) is 0 Å². The summed E-state index contributed by atoms with van der Waals surface area (Å²) in [6.07, 6.45) is 2.65. The van der Waals surface area contributed by atoms with Gasteiger partial charge in [-0.25, -0.2) is 0 Å². The molecule has 144 valence electrons. The van der Waals surface area contributed by atoms with Crippen LogP contribution in [0, 0.1) is 11.3 Å². The highest BCUT2D eigenvalue weighted by Gasteiger charge is 2.35. The van der Waals surface area contributed by atoms with Crippen LogP contribution in [0.4, 0.5) is 0 Å². The Morgan fingerprint density at radius 1 is 1.44 bits per heavy atom. The molecule has 1 aliphatic heterocycles. The fourth-order valence-corrected chi connectivity index (χ4v) is 4.05. The second-order valence-corrected chi connectivity index (χ2v) is 8.52. The Labute approximate surface area is 174 Å². The van der Waals surface area contributed by atoms with Gasteiger partial charge in [0.25, 0.3) is 0 Å². The van der Waals surface area contributed by atoms with Crippen molar-refractivity contribution in [1.82, 2.24) is 10.2 Å². The molecule has 2 atom stereocenters. The molecule has 2 rings (SSSR count). The summed E-state index contributed by atoms with van der Waals surface area (Å²) in [6, 6.07) is 2.18. The van der Waals surface area contributed by atoms with Gasteiger partial charge in [0.2, 0.25) is 0 Å². The Morgan fingerprint density at radius 2 is 2.20 bits per heavy atom. The van der Waals surface area contributed by atoms with Crippen LogP contribution in [0.1, 0.15) is 46.1 Å². The monoisotopic (exact) mass is 479 g/mol. The van der Waals surface area contributed by atoms with E-state index in [1.165, 1.54) is 12.0 Å². The molecule has 1 fully saturated rings. The zero-order valence-electron chi connectivity index (χ0n) is 16.2. The summed E-state index contributed by atoms with van der Waals surface area (Å²) in [5, 5.41) is 7.75. The number of hydrogen-bond acceptors (Lipinski definition) is 3. The van der Waals surface area contributed by atoms with Gasteiger partial charge in [0.1, 0.15) is 0 Å². The number of nitrogens with zero attached hydrogens (tertiary/aromatic N) is 2. The van der Waals surface area contributed by atoms with Crippen molar-refractivity contribution >= 4 is 41.3 Å². The van der Waals surface area contributed by atoms with Gasteiger partial charge in [-0.2, -0.15) is 11.3 Å². The van der Waals surface area contributed by atoms with E-state index in [1.807, 2.05) is 0 Å². The Balaban J connectivity index is 0.00000312. The predicted molar refractivity (Wildman–Crippen MR) is 119 cm³/mol. The third-order valence-corrected chi connectivity index (χ3v) is 5.20. The number of halogens is 1. The average molecular weight is 479 g/mol. The Bertz CT molecular complexity index is 513. The van der Waals surface area contributed by atoms with E-state index < -0.39 is 0 Å². The number of aliphatic imine (C=N–C) groups is 1. The molecule has 4 nitrogen and oxygen atoms in total. The standard InChI is InChI=1S/C19H33N3OS.HI/c1-6-20-18(22(5)13-15-9-11-24-14-15)21-12-16-8-7-10-23-17(16)19(2,3)4;/h9,11,14,16-17H,6-8,10,12-13H2,1-5H3,(H,20,21);1H. The molecule has 0 aromatic carbocycles. The van der Waals surface area contributed by atoms with Crippen molar-refractivity contribution in [2.24, 2.45) is 16.3 Å². The second-order valence-electron chi connectivity index (χ2n) is 7.74. The quantitative estimate of drug-likeness (QED) is 0.381. The Morgan fingerprint density at radius 3 is 2.80 bits per heavy atom. The van der Waals surface area contributed by atoms with Gasteiger partial charge in [-0.05, 0) is 47.6 Å². The van der Waals surface area contributed by atoms with E-state index in [0.29, 0.717) is 12.0 Å². The van der Waals surface area contributed by atoms with Gasteiger partial charge in [0.15, 0.2) is 5.96 Å². The normalized spacial score (nSPS) is 21.6. The van der Waals surface area contributed by atoms with Crippen molar-refractivity contribution in [2.45, 2.75) is 53.2 Å². The molecule has 0 radical (unpaired) electrons. The summed E-state index contributed by atoms with van der Waals surface area (Å²) in [5.41, 5.74) is 1.50. The lowest BCUT2D eigenvalue weighted by Crippen LogP contribution is -2.43. The lowest BCUT2D eigenvalue weighted by molar-refractivity contribution is -0.0824. The average Bonchev–Trinajstić information content (AvgIpc) is 3.03. The van der Waals surface area contributed by atoms with Crippen molar-refractivity contribution in [3.63, 3.8) is 0 Å². The molecule has 0 spiro atoms. The fourth-order valence-electron chi connectivity index (χ4n) is 3.39. The summed E-state index contributed by atoms with van der Waals surface area (Å²) >= 11 is 1.74. The highest BCUT2D eigenvalue weighted by molar-refractivity contribution is 14.0. The largest absolute Gasteiger partial charge is 0.377 e. The first kappa shape index (κ1) is 22.7. The van der Waals surface area contributed by atoms with Crippen LogP contribution < -0.4 is 5.32 Å². The molecule has 1 aromatic heterocycles. The molecule has 0 aliphatic carbocycles. The molecule has 25 heavy (non-hydrogen) atoms. The molecule has 0 amide bonds. The SMILES string of the molecule is CCNC(=NCC1CCCOC1C(C)(C)C)N(C)Cc1ccsc1.I. The van der Waals surface area contributed by atoms with Crippen LogP contribution in [0.2, 0.25) is 0 Å². The first-order valence-electron chi connectivity index (χ1n) is 9.04. The summed E-state index contributed by atoms with van der Waals surface area (Å²) in [5.74, 6) is 1.49. The van der Waals surface area contributed by atoms with E-state index in [0.717, 1.165) is 38.6 Å². The molecule has 6 heteroatoms. The van der Waals surface area contributed by atoms with Crippen LogP contribution in [0.15, 0.2) is 21.8 Å². The Hall–Kier alpha value is -0.340. The third kappa shape index (κ3) is 7.06. The number of thiophene rings is 1. The maximum atomic E-state index is 6.09. The summed E-state index contributed by atoms with van der Waals surface area (Å²) in [7, 11) is 2.11. The summed E-state index contributed by atoms with van der Waals surface area (Å²) in [6.45, 7) is 12.4. The van der Waals surface area contributed by atoms with Crippen LogP contribution in [-0.4, -0.2) is 43.7 Å². The van der Waals surface area contributed by atoms with Crippen LogP contribution >= 0.6 is 35.3 Å². The van der Waals surface area contributed by atoms with E-state index in [4.69, 9.17) is 9.73 Å². The minimum Gasteiger partial charge on any atom is -0.377 e. The van der Waals surface area contributed by atoms with Gasteiger partial charge in [-0.1, -0.05) is 20.8 Å². The van der Waals surface area contributed by atoms with Gasteiger partial charge in [0.05, 0.1) is 6.10 Å². The zero-order chi connectivity index (χ0) is 17.6. The molecule has 1 aromatic rings. The van der Waals surface area contributed by atoms with Crippen LogP contribution in [-0.2, 0) is 11.3 Å². The third-order valence-electron chi connectivity index (χ3n) is 4.47. The topological polar surface area (TPSA) is 36.9 Å². The van der Waals surface area contributed by atoms with E-state index in [2.05, 4.69) is 61.8 Å². The van der Waals surface area contributed by atoms with Crippen LogP contribution in [0.3, 0.4) is 0 Å². The molecule has 2 unspecified atom stereocenters. The molecule has 0 saturated carbocycles. The second kappa shape index (κ2) is 10.7. The van der Waals surface area contributed by atoms with Crippen LogP contribution in [0.25, 0.3) is 0 Å². The molecular formula is C19H34IN3OS. The Kier molecular flexibility index (Phi) is 9.74. The maximum Gasteiger partial charge on any atom is 0.193 e. The van der Waals surface area contributed by atoms with E-state index in [1.54, 1.807) is 11.3 Å². The molecule has 0 bridgehead atoms. The van der Waals surface area contributed by atoms with Gasteiger partial charge in [0, 0.05) is 39.2 Å². The summed E-state index contributed by atoms with van der Waals surface area (Å²) < 4.78 is 6.09. The van der Waals surface area contributed by atoms with Gasteiger partial charge in [-0.3, -0.25) is 4.99 Å². The number of ether oxygens (including phenoxy) is 1. The zero-order valence-corrected chi connectivity index (χ0v) is 19.4. The van der Waals surface area contributed by atoms with E-state index in [-0.39, 0.29) is 29.4 Å². The first-order valence-corrected chi connectivity index (χ1v) is 9.98. The van der Waals surface area contributed by atoms with E-state index >= 15 is 0 Å². The fraction of sp³-hybridized carbons (Fsp3) is 0.737. The number of nitrogens with one attached hydrogen (secondary N) is 1. The van der Waals surface area contributed by atoms with Crippen molar-refractivity contribution < 1.29 is 4.74 Å². The van der Waals surface area contributed by atoms with Crippen molar-refractivity contribution in [3.8, 4) is 0 Å². The molecular weight excluding hydrogens is 445 g/mol. The molecule has 1 N–H and O–H groups in total. The highest BCUT2D eigenvalue weighted by Crippen LogP contribution is 2.34. The maximum absolute atomic E-state index is 6.09. The lowest BCUT2D eigenvalue weighted by atomic mass is 9.78. The first-order chi connectivity index (χ1) is 11.4. The van der Waals surface area contributed by atoms with Gasteiger partial charge in [-0.15, -0.1) is 24.0 Å². The minimum absolute atomic E-state index is 0. The number of hydrogen-bond donors (Lipinski definition) is 1. The minimum atomic E-state index is 0. The van der Waals surface area contributed by atoms with Gasteiger partial charge < -0.3 is 15.0 Å². The van der Waals surface area contributed by atoms with Crippen molar-refractivity contribution in [2.75, 3.05) is 26.7 Å². The number of guanidine groups is 1. The lowest BCUT2D eigenvalue weighted by Gasteiger charge is -2.39.